The van der Waals surface area contributed by atoms with Crippen LogP contribution in [0.1, 0.15) is 24.0 Å². The molecule has 0 fully saturated rings. The highest BCUT2D eigenvalue weighted by Gasteiger charge is 2.06. The summed E-state index contributed by atoms with van der Waals surface area (Å²) in [6.07, 6.45) is 2.53. The summed E-state index contributed by atoms with van der Waals surface area (Å²) in [6.45, 7) is 0. The Morgan fingerprint density at radius 3 is 1.57 bits per heavy atom. The molecule has 0 atom stereocenters. The van der Waals surface area contributed by atoms with Gasteiger partial charge in [-0.3, -0.25) is 9.59 Å². The molecule has 0 spiro atoms. The van der Waals surface area contributed by atoms with E-state index < -0.39 is 11.8 Å². The quantitative estimate of drug-likeness (QED) is 0.362. The van der Waals surface area contributed by atoms with Gasteiger partial charge in [-0.1, -0.05) is 0 Å². The molecule has 158 valence electrons. The van der Waals surface area contributed by atoms with E-state index in [1.54, 1.807) is 24.3 Å². The van der Waals surface area contributed by atoms with Crippen LogP contribution in [0.25, 0.3) is 0 Å². The lowest BCUT2D eigenvalue weighted by Crippen LogP contribution is -2.22. The van der Waals surface area contributed by atoms with Crippen LogP contribution in [0.3, 0.4) is 0 Å². The van der Waals surface area contributed by atoms with Crippen molar-refractivity contribution in [3.05, 3.63) is 47.5 Å². The Bertz CT molecular complexity index is 881. The number of amides is 2. The van der Waals surface area contributed by atoms with Crippen LogP contribution in [0.15, 0.2) is 46.6 Å². The molecule has 4 N–H and O–H groups in total. The fraction of sp³-hybridized carbons (Fsp3) is 0.200. The fourth-order valence-corrected chi connectivity index (χ4v) is 2.27. The van der Waals surface area contributed by atoms with Crippen molar-refractivity contribution >= 4 is 24.2 Å². The highest BCUT2D eigenvalue weighted by atomic mass is 16.5. The average molecular weight is 414 g/mol. The third-order valence-corrected chi connectivity index (χ3v) is 3.79. The minimum absolute atomic E-state index is 0.0464. The summed E-state index contributed by atoms with van der Waals surface area (Å²) in [7, 11) is 2.88. The Labute approximate surface area is 172 Å². The van der Waals surface area contributed by atoms with Gasteiger partial charge in [0.2, 0.25) is 11.8 Å². The van der Waals surface area contributed by atoms with Crippen LogP contribution in [0.4, 0.5) is 0 Å². The molecule has 0 radical (unpaired) electrons. The lowest BCUT2D eigenvalue weighted by Gasteiger charge is -2.03. The second kappa shape index (κ2) is 11.1. The van der Waals surface area contributed by atoms with Crippen molar-refractivity contribution < 1.29 is 29.3 Å². The molecular formula is C20H22N4O6. The van der Waals surface area contributed by atoms with E-state index in [0.717, 1.165) is 0 Å². The van der Waals surface area contributed by atoms with Crippen molar-refractivity contribution in [3.8, 4) is 23.0 Å². The predicted molar refractivity (Wildman–Crippen MR) is 110 cm³/mol. The van der Waals surface area contributed by atoms with Crippen molar-refractivity contribution in [1.29, 1.82) is 0 Å². The van der Waals surface area contributed by atoms with Crippen molar-refractivity contribution in [3.63, 3.8) is 0 Å². The van der Waals surface area contributed by atoms with Gasteiger partial charge >= 0.3 is 0 Å². The normalized spacial score (nSPS) is 10.9. The molecule has 0 unspecified atom stereocenters. The van der Waals surface area contributed by atoms with E-state index in [1.165, 1.54) is 38.8 Å². The smallest absolute Gasteiger partial charge is 0.240 e. The molecule has 10 heteroatoms. The predicted octanol–water partition coefficient (Wildman–Crippen LogP) is 1.50. The van der Waals surface area contributed by atoms with Gasteiger partial charge in [-0.25, -0.2) is 10.9 Å². The van der Waals surface area contributed by atoms with Gasteiger partial charge < -0.3 is 19.7 Å². The zero-order valence-electron chi connectivity index (χ0n) is 16.5. The highest BCUT2D eigenvalue weighted by Crippen LogP contribution is 2.26. The molecule has 0 saturated heterocycles. The van der Waals surface area contributed by atoms with Crippen LogP contribution in [-0.4, -0.2) is 48.7 Å². The number of rotatable bonds is 9. The zero-order valence-corrected chi connectivity index (χ0v) is 16.5. The molecule has 0 aliphatic heterocycles. The maximum atomic E-state index is 11.7. The second-order valence-electron chi connectivity index (χ2n) is 5.95. The molecular weight excluding hydrogens is 392 g/mol. The van der Waals surface area contributed by atoms with Gasteiger partial charge in [-0.2, -0.15) is 10.2 Å². The molecule has 0 aromatic heterocycles. The van der Waals surface area contributed by atoms with Gasteiger partial charge in [0.05, 0.1) is 26.6 Å². The van der Waals surface area contributed by atoms with Crippen LogP contribution < -0.4 is 20.3 Å². The Kier molecular flexibility index (Phi) is 8.18. The van der Waals surface area contributed by atoms with Crippen molar-refractivity contribution in [2.75, 3.05) is 14.2 Å². The first-order chi connectivity index (χ1) is 14.4. The van der Waals surface area contributed by atoms with E-state index in [9.17, 15) is 19.8 Å². The van der Waals surface area contributed by atoms with Crippen LogP contribution in [0.5, 0.6) is 23.0 Å². The lowest BCUT2D eigenvalue weighted by atomic mass is 10.2. The number of aromatic hydroxyl groups is 2. The van der Waals surface area contributed by atoms with Crippen molar-refractivity contribution in [2.45, 2.75) is 12.8 Å². The molecule has 2 amide bonds. The summed E-state index contributed by atoms with van der Waals surface area (Å²) >= 11 is 0. The fourth-order valence-electron chi connectivity index (χ4n) is 2.27. The number of carbonyl (C=O) groups excluding carboxylic acids is 2. The average Bonchev–Trinajstić information content (AvgIpc) is 2.72. The van der Waals surface area contributed by atoms with Gasteiger partial charge in [-0.15, -0.1) is 0 Å². The van der Waals surface area contributed by atoms with E-state index in [2.05, 4.69) is 21.1 Å². The van der Waals surface area contributed by atoms with E-state index in [-0.39, 0.29) is 24.3 Å². The Morgan fingerprint density at radius 1 is 0.833 bits per heavy atom. The number of ether oxygens (including phenoxy) is 2. The summed E-state index contributed by atoms with van der Waals surface area (Å²) in [5.41, 5.74) is 5.71. The van der Waals surface area contributed by atoms with Crippen LogP contribution in [0, 0.1) is 0 Å². The number of carbonyl (C=O) groups is 2. The monoisotopic (exact) mass is 414 g/mol. The van der Waals surface area contributed by atoms with Crippen molar-refractivity contribution in [2.24, 2.45) is 10.2 Å². The van der Waals surface area contributed by atoms with Gasteiger partial charge in [0, 0.05) is 12.8 Å². The molecule has 0 saturated carbocycles. The SMILES string of the molecule is COc1ccc(/C=N/NC(=O)CCC(=O)N/N=C/c2ccc(OC)c(O)c2)cc1O. The Hall–Kier alpha value is -4.08. The number of methoxy groups -OCH3 is 2. The largest absolute Gasteiger partial charge is 0.504 e. The number of nitrogens with one attached hydrogen (secondary N) is 2. The first kappa shape index (κ1) is 22.2. The third kappa shape index (κ3) is 6.82. The maximum Gasteiger partial charge on any atom is 0.240 e. The van der Waals surface area contributed by atoms with Gasteiger partial charge in [0.1, 0.15) is 0 Å². The molecule has 2 rings (SSSR count). The summed E-state index contributed by atoms with van der Waals surface area (Å²) < 4.78 is 9.87. The van der Waals surface area contributed by atoms with E-state index in [1.807, 2.05) is 0 Å². The van der Waals surface area contributed by atoms with E-state index in [4.69, 9.17) is 9.47 Å². The van der Waals surface area contributed by atoms with E-state index >= 15 is 0 Å². The molecule has 0 aliphatic carbocycles. The highest BCUT2D eigenvalue weighted by molar-refractivity contribution is 5.87. The van der Waals surface area contributed by atoms with E-state index in [0.29, 0.717) is 22.6 Å². The summed E-state index contributed by atoms with van der Waals surface area (Å²) in [6, 6.07) is 9.31. The molecule has 10 nitrogen and oxygen atoms in total. The maximum absolute atomic E-state index is 11.7. The number of hydrazone groups is 2. The number of hydrogen-bond acceptors (Lipinski definition) is 8. The molecule has 2 aromatic carbocycles. The molecule has 0 bridgehead atoms. The number of hydrogen-bond donors (Lipinski definition) is 4. The van der Waals surface area contributed by atoms with Crippen LogP contribution in [-0.2, 0) is 9.59 Å². The zero-order chi connectivity index (χ0) is 21.9. The minimum atomic E-state index is -0.455. The standard InChI is InChI=1S/C20H22N4O6/c1-29-17-5-3-13(9-15(17)25)11-21-23-19(27)7-8-20(28)24-22-12-14-4-6-18(30-2)16(26)10-14/h3-6,9-12,25-26H,7-8H2,1-2H3,(H,23,27)(H,24,28)/b21-11+,22-12+. The number of benzene rings is 2. The first-order valence-corrected chi connectivity index (χ1v) is 8.80. The number of phenolic OH excluding ortho intramolecular Hbond substituents is 2. The lowest BCUT2D eigenvalue weighted by molar-refractivity contribution is -0.126. The van der Waals surface area contributed by atoms with Gasteiger partial charge in [0.25, 0.3) is 0 Å². The Morgan fingerprint density at radius 2 is 1.23 bits per heavy atom. The molecule has 0 aliphatic rings. The minimum Gasteiger partial charge on any atom is -0.504 e. The van der Waals surface area contributed by atoms with Crippen LogP contribution >= 0.6 is 0 Å². The summed E-state index contributed by atoms with van der Waals surface area (Å²) in [5.74, 6) is -0.349. The van der Waals surface area contributed by atoms with Crippen LogP contribution in [0.2, 0.25) is 0 Å². The topological polar surface area (TPSA) is 142 Å². The first-order valence-electron chi connectivity index (χ1n) is 8.80. The molecule has 30 heavy (non-hydrogen) atoms. The van der Waals surface area contributed by atoms with Crippen molar-refractivity contribution in [1.82, 2.24) is 10.9 Å². The van der Waals surface area contributed by atoms with Gasteiger partial charge in [-0.05, 0) is 47.5 Å². The summed E-state index contributed by atoms with van der Waals surface area (Å²) in [4.78, 5) is 23.5. The molecule has 2 aromatic rings. The van der Waals surface area contributed by atoms with Gasteiger partial charge in [0.15, 0.2) is 23.0 Å². The second-order valence-corrected chi connectivity index (χ2v) is 5.95. The number of nitrogens with zero attached hydrogens (tertiary/aromatic N) is 2. The Balaban J connectivity index is 1.73. The molecule has 0 heterocycles. The number of phenols is 2. The third-order valence-electron chi connectivity index (χ3n) is 3.79. The summed E-state index contributed by atoms with van der Waals surface area (Å²) in [5, 5.41) is 26.9.